The molecular weight excluding hydrogens is 468 g/mol. The summed E-state index contributed by atoms with van der Waals surface area (Å²) in [6.07, 6.45) is -7.75. The number of hydrogen-bond acceptors (Lipinski definition) is 12. The Morgan fingerprint density at radius 3 is 2.37 bits per heavy atom. The number of fused-ring (bicyclic) bond motifs is 1. The number of aromatic hydroxyl groups is 3. The van der Waals surface area contributed by atoms with E-state index < -0.39 is 60.2 Å². The molecule has 0 saturated carbocycles. The summed E-state index contributed by atoms with van der Waals surface area (Å²) in [6.45, 7) is 0.731. The fraction of sp³-hybridized carbons (Fsp3) is 0.304. The van der Waals surface area contributed by atoms with Gasteiger partial charge in [-0.2, -0.15) is 0 Å². The Kier molecular flexibility index (Phi) is 6.54. The van der Waals surface area contributed by atoms with Crippen molar-refractivity contribution in [2.75, 3.05) is 6.61 Å². The summed E-state index contributed by atoms with van der Waals surface area (Å²) >= 11 is 0. The Hall–Kier alpha value is -3.84. The van der Waals surface area contributed by atoms with E-state index in [1.807, 2.05) is 0 Å². The smallest absolute Gasteiger partial charge is 0.302 e. The second-order valence-electron chi connectivity index (χ2n) is 7.93. The van der Waals surface area contributed by atoms with Crippen molar-refractivity contribution in [1.82, 2.24) is 0 Å². The molecule has 0 amide bonds. The molecule has 35 heavy (non-hydrogen) atoms. The maximum absolute atomic E-state index is 12.6. The minimum absolute atomic E-state index is 0.0169. The van der Waals surface area contributed by atoms with Gasteiger partial charge in [-0.15, -0.1) is 0 Å². The first-order valence-electron chi connectivity index (χ1n) is 10.4. The van der Waals surface area contributed by atoms with E-state index in [-0.39, 0.29) is 33.8 Å². The van der Waals surface area contributed by atoms with Crippen molar-refractivity contribution in [2.45, 2.75) is 37.6 Å². The molecule has 12 nitrogen and oxygen atoms in total. The second kappa shape index (κ2) is 9.43. The Labute approximate surface area is 196 Å². The summed E-state index contributed by atoms with van der Waals surface area (Å²) in [7, 11) is 0. The van der Waals surface area contributed by atoms with Crippen molar-refractivity contribution in [3.63, 3.8) is 0 Å². The van der Waals surface area contributed by atoms with E-state index in [1.165, 1.54) is 24.3 Å². The number of hydrogen-bond donors (Lipinski definition) is 6. The van der Waals surface area contributed by atoms with E-state index in [0.29, 0.717) is 0 Å². The maximum atomic E-state index is 12.6. The van der Waals surface area contributed by atoms with Gasteiger partial charge in [-0.1, -0.05) is 0 Å². The molecule has 5 unspecified atom stereocenters. The van der Waals surface area contributed by atoms with Crippen LogP contribution in [0.1, 0.15) is 6.92 Å². The zero-order valence-electron chi connectivity index (χ0n) is 18.2. The van der Waals surface area contributed by atoms with E-state index in [9.17, 15) is 40.2 Å². The van der Waals surface area contributed by atoms with Crippen LogP contribution in [0.2, 0.25) is 0 Å². The molecule has 2 heterocycles. The molecule has 5 atom stereocenters. The third-order valence-electron chi connectivity index (χ3n) is 5.41. The quantitative estimate of drug-likeness (QED) is 0.212. The number of carbonyl (C=O) groups excluding carboxylic acids is 1. The molecule has 1 aliphatic rings. The summed E-state index contributed by atoms with van der Waals surface area (Å²) < 4.78 is 21.5. The predicted octanol–water partition coefficient (Wildman–Crippen LogP) is 0.326. The van der Waals surface area contributed by atoms with Crippen LogP contribution >= 0.6 is 0 Å². The predicted molar refractivity (Wildman–Crippen MR) is 117 cm³/mol. The van der Waals surface area contributed by atoms with Gasteiger partial charge in [0.25, 0.3) is 0 Å². The first kappa shape index (κ1) is 24.3. The van der Waals surface area contributed by atoms with E-state index in [4.69, 9.17) is 18.6 Å². The summed E-state index contributed by atoms with van der Waals surface area (Å²) in [5.74, 6) is -2.06. The molecule has 12 heteroatoms. The van der Waals surface area contributed by atoms with E-state index in [0.717, 1.165) is 19.1 Å². The average molecular weight is 490 g/mol. The van der Waals surface area contributed by atoms with Crippen molar-refractivity contribution in [2.24, 2.45) is 0 Å². The number of aliphatic hydroxyl groups excluding tert-OH is 3. The van der Waals surface area contributed by atoms with E-state index in [1.54, 1.807) is 0 Å². The monoisotopic (exact) mass is 490 g/mol. The molecule has 186 valence electrons. The van der Waals surface area contributed by atoms with E-state index in [2.05, 4.69) is 0 Å². The van der Waals surface area contributed by atoms with Gasteiger partial charge >= 0.3 is 5.97 Å². The number of ether oxygens (including phenoxy) is 3. The summed E-state index contributed by atoms with van der Waals surface area (Å²) in [6, 6.07) is 7.19. The molecule has 1 aliphatic heterocycles. The normalized spacial score (nSPS) is 24.3. The molecule has 1 aromatic heterocycles. The third kappa shape index (κ3) is 4.86. The zero-order valence-corrected chi connectivity index (χ0v) is 18.2. The van der Waals surface area contributed by atoms with Gasteiger partial charge in [-0.3, -0.25) is 9.59 Å². The minimum Gasteiger partial charge on any atom is -0.507 e. The molecule has 0 spiro atoms. The Morgan fingerprint density at radius 2 is 1.69 bits per heavy atom. The molecule has 2 aromatic carbocycles. The van der Waals surface area contributed by atoms with Gasteiger partial charge in [0.2, 0.25) is 6.29 Å². The van der Waals surface area contributed by atoms with Crippen molar-refractivity contribution in [1.29, 1.82) is 0 Å². The van der Waals surface area contributed by atoms with Crippen molar-refractivity contribution in [3.05, 3.63) is 46.6 Å². The number of phenolic OH excluding ortho intramolecular Hbond substituents is 3. The lowest BCUT2D eigenvalue weighted by Crippen LogP contribution is -2.60. The minimum atomic E-state index is -1.71. The van der Waals surface area contributed by atoms with Crippen LogP contribution in [0.5, 0.6) is 23.0 Å². The van der Waals surface area contributed by atoms with Crippen LogP contribution in [0.4, 0.5) is 0 Å². The molecule has 0 aliphatic carbocycles. The van der Waals surface area contributed by atoms with Crippen LogP contribution in [-0.2, 0) is 14.3 Å². The lowest BCUT2D eigenvalue weighted by atomic mass is 9.99. The number of rotatable bonds is 5. The summed E-state index contributed by atoms with van der Waals surface area (Å²) in [4.78, 5) is 23.7. The fourth-order valence-corrected chi connectivity index (χ4v) is 3.62. The lowest BCUT2D eigenvalue weighted by Gasteiger charge is -2.39. The van der Waals surface area contributed by atoms with Crippen LogP contribution in [0.3, 0.4) is 0 Å². The molecule has 0 radical (unpaired) electrons. The highest BCUT2D eigenvalue weighted by Gasteiger charge is 2.45. The van der Waals surface area contributed by atoms with Gasteiger partial charge in [-0.25, -0.2) is 0 Å². The molecule has 0 bridgehead atoms. The number of benzene rings is 2. The fourth-order valence-electron chi connectivity index (χ4n) is 3.62. The molecule has 3 aromatic rings. The third-order valence-corrected chi connectivity index (χ3v) is 5.41. The standard InChI is InChI=1S/C23H22O12/c1-9(24)32-8-18-20(29)21(30)22(31)23(35-18)33-11-5-14(27)19-15(28)7-16(34-17(19)6-11)10-2-3-12(25)13(26)4-10/h2-7,18,20-23,25-27,29-31H,8H2,1H3. The SMILES string of the molecule is CC(=O)OCC1OC(Oc2cc(O)c3c(=O)cc(-c4ccc(O)c(O)c4)oc3c2)C(O)C(O)C1O. The van der Waals surface area contributed by atoms with Crippen molar-refractivity contribution in [3.8, 4) is 34.3 Å². The van der Waals surface area contributed by atoms with Crippen LogP contribution < -0.4 is 10.2 Å². The maximum Gasteiger partial charge on any atom is 0.302 e. The van der Waals surface area contributed by atoms with Crippen LogP contribution in [0, 0.1) is 0 Å². The molecule has 1 fully saturated rings. The number of aliphatic hydroxyl groups is 3. The summed E-state index contributed by atoms with van der Waals surface area (Å²) in [5.41, 5.74) is -0.453. The van der Waals surface area contributed by atoms with Crippen LogP contribution in [0.15, 0.2) is 45.6 Å². The van der Waals surface area contributed by atoms with Gasteiger partial charge in [0.1, 0.15) is 59.3 Å². The van der Waals surface area contributed by atoms with Gasteiger partial charge in [0, 0.05) is 30.7 Å². The number of phenols is 3. The van der Waals surface area contributed by atoms with Gasteiger partial charge in [0.15, 0.2) is 16.9 Å². The van der Waals surface area contributed by atoms with Gasteiger partial charge in [0.05, 0.1) is 0 Å². The Balaban J connectivity index is 1.66. The molecular formula is C23H22O12. The average Bonchev–Trinajstić information content (AvgIpc) is 2.79. The topological polar surface area (TPSA) is 196 Å². The summed E-state index contributed by atoms with van der Waals surface area (Å²) in [5, 5.41) is 60.0. The van der Waals surface area contributed by atoms with Gasteiger partial charge in [-0.05, 0) is 18.2 Å². The Bertz CT molecular complexity index is 1320. The largest absolute Gasteiger partial charge is 0.507 e. The first-order valence-corrected chi connectivity index (χ1v) is 10.4. The van der Waals surface area contributed by atoms with Gasteiger partial charge < -0.3 is 49.3 Å². The first-order chi connectivity index (χ1) is 16.5. The highest BCUT2D eigenvalue weighted by Crippen LogP contribution is 2.35. The molecule has 4 rings (SSSR count). The highest BCUT2D eigenvalue weighted by molar-refractivity contribution is 5.86. The number of esters is 1. The second-order valence-corrected chi connectivity index (χ2v) is 7.93. The van der Waals surface area contributed by atoms with Crippen LogP contribution in [-0.4, -0.2) is 73.9 Å². The van der Waals surface area contributed by atoms with Crippen molar-refractivity contribution < 1.29 is 54.1 Å². The van der Waals surface area contributed by atoms with E-state index >= 15 is 0 Å². The van der Waals surface area contributed by atoms with Crippen molar-refractivity contribution >= 4 is 16.9 Å². The number of carbonyl (C=O) groups is 1. The zero-order chi connectivity index (χ0) is 25.4. The lowest BCUT2D eigenvalue weighted by molar-refractivity contribution is -0.278. The van der Waals surface area contributed by atoms with Crippen LogP contribution in [0.25, 0.3) is 22.3 Å². The molecule has 1 saturated heterocycles. The highest BCUT2D eigenvalue weighted by atomic mass is 16.7. The molecule has 6 N–H and O–H groups in total. The Morgan fingerprint density at radius 1 is 0.943 bits per heavy atom.